The number of carbonyl (C=O) groups excluding carboxylic acids is 2. The number of amides is 2. The molecule has 0 radical (unpaired) electrons. The van der Waals surface area contributed by atoms with E-state index in [1.54, 1.807) is 19.1 Å². The van der Waals surface area contributed by atoms with Crippen LogP contribution in [0.3, 0.4) is 0 Å². The molecule has 0 aliphatic heterocycles. The molecule has 214 valence electrons. The lowest BCUT2D eigenvalue weighted by Crippen LogP contribution is -2.48. The fourth-order valence-electron chi connectivity index (χ4n) is 5.05. The Balaban J connectivity index is 1.21. The van der Waals surface area contributed by atoms with Gasteiger partial charge in [0.15, 0.2) is 6.04 Å². The molecule has 0 saturated carbocycles. The summed E-state index contributed by atoms with van der Waals surface area (Å²) in [6.07, 6.45) is -1.45. The highest BCUT2D eigenvalue weighted by Crippen LogP contribution is 2.44. The average molecular weight is 677 g/mol. The number of carboxylic acids is 1. The summed E-state index contributed by atoms with van der Waals surface area (Å²) in [6, 6.07) is 29.0. The average Bonchev–Trinajstić information content (AvgIpc) is 3.31. The summed E-state index contributed by atoms with van der Waals surface area (Å²) in [5.74, 6) is -1.90. The summed E-state index contributed by atoms with van der Waals surface area (Å²) < 4.78 is 12.0. The first-order chi connectivity index (χ1) is 20.3. The van der Waals surface area contributed by atoms with Crippen molar-refractivity contribution in [3.8, 4) is 11.1 Å². The highest BCUT2D eigenvalue weighted by molar-refractivity contribution is 14.1. The van der Waals surface area contributed by atoms with Crippen molar-refractivity contribution in [3.63, 3.8) is 0 Å². The second-order valence-electron chi connectivity index (χ2n) is 9.97. The molecular weight excluding hydrogens is 647 g/mol. The number of carbonyl (C=O) groups is 3. The number of benzene rings is 4. The van der Waals surface area contributed by atoms with Gasteiger partial charge in [0.2, 0.25) is 0 Å². The maximum atomic E-state index is 13.1. The summed E-state index contributed by atoms with van der Waals surface area (Å²) in [5, 5.41) is 15.0. The molecule has 42 heavy (non-hydrogen) atoms. The van der Waals surface area contributed by atoms with Crippen LogP contribution in [0.25, 0.3) is 11.1 Å². The van der Waals surface area contributed by atoms with Gasteiger partial charge in [-0.25, -0.2) is 9.59 Å². The van der Waals surface area contributed by atoms with Crippen LogP contribution in [-0.2, 0) is 20.9 Å². The van der Waals surface area contributed by atoms with Crippen molar-refractivity contribution in [2.45, 2.75) is 31.6 Å². The van der Waals surface area contributed by atoms with Gasteiger partial charge in [-0.15, -0.1) is 0 Å². The van der Waals surface area contributed by atoms with Gasteiger partial charge in [-0.1, -0.05) is 78.9 Å². The Morgan fingerprint density at radius 1 is 0.881 bits per heavy atom. The lowest BCUT2D eigenvalue weighted by Gasteiger charge is -2.22. The first-order valence-corrected chi connectivity index (χ1v) is 14.5. The first-order valence-electron chi connectivity index (χ1n) is 13.4. The minimum absolute atomic E-state index is 0.0838. The number of ether oxygens (including phenoxy) is 2. The molecule has 1 aliphatic rings. The highest BCUT2D eigenvalue weighted by atomic mass is 127. The van der Waals surface area contributed by atoms with Crippen molar-refractivity contribution < 1.29 is 29.0 Å². The van der Waals surface area contributed by atoms with E-state index in [0.29, 0.717) is 9.26 Å². The molecule has 0 saturated heterocycles. The predicted molar refractivity (Wildman–Crippen MR) is 167 cm³/mol. The van der Waals surface area contributed by atoms with Gasteiger partial charge < -0.3 is 19.9 Å². The Bertz CT molecular complexity index is 1560. The fourth-order valence-corrected chi connectivity index (χ4v) is 5.72. The second-order valence-corrected chi connectivity index (χ2v) is 11.2. The van der Waals surface area contributed by atoms with E-state index < -0.39 is 30.1 Å². The van der Waals surface area contributed by atoms with Crippen LogP contribution in [0.1, 0.15) is 39.9 Å². The summed E-state index contributed by atoms with van der Waals surface area (Å²) in [4.78, 5) is 37.8. The van der Waals surface area contributed by atoms with E-state index in [9.17, 15) is 19.5 Å². The highest BCUT2D eigenvalue weighted by Gasteiger charge is 2.30. The number of halogens is 1. The molecule has 0 fully saturated rings. The number of fused-ring (bicyclic) bond motifs is 3. The molecule has 4 aromatic carbocycles. The summed E-state index contributed by atoms with van der Waals surface area (Å²) in [7, 11) is 0. The number of carboxylic acid groups (broad SMARTS) is 1. The van der Waals surface area contributed by atoms with E-state index in [4.69, 9.17) is 9.47 Å². The van der Waals surface area contributed by atoms with E-state index in [0.717, 1.165) is 27.8 Å². The number of anilines is 1. The van der Waals surface area contributed by atoms with E-state index in [2.05, 4.69) is 22.8 Å². The quantitative estimate of drug-likeness (QED) is 0.167. The Kier molecular flexibility index (Phi) is 9.19. The molecule has 0 heterocycles. The number of hydrogen-bond acceptors (Lipinski definition) is 5. The molecule has 0 aromatic heterocycles. The SMILES string of the molecule is CC(OCc1ccccc1)C(NC(=O)c1cc(I)cc(NC(=O)OCC2c3ccccc3-c3ccccc32)c1)C(=O)O. The van der Waals surface area contributed by atoms with Gasteiger partial charge in [-0.2, -0.15) is 0 Å². The lowest BCUT2D eigenvalue weighted by atomic mass is 9.98. The van der Waals surface area contributed by atoms with Gasteiger partial charge in [-0.05, 0) is 75.5 Å². The molecule has 4 aromatic rings. The third-order valence-electron chi connectivity index (χ3n) is 7.13. The normalized spacial score (nSPS) is 13.4. The molecule has 3 N–H and O–H groups in total. The van der Waals surface area contributed by atoms with Crippen molar-refractivity contribution in [1.82, 2.24) is 5.32 Å². The van der Waals surface area contributed by atoms with Gasteiger partial charge in [0.1, 0.15) is 6.61 Å². The van der Waals surface area contributed by atoms with Gasteiger partial charge in [-0.3, -0.25) is 10.1 Å². The number of hydrogen-bond donors (Lipinski definition) is 3. The van der Waals surface area contributed by atoms with Crippen LogP contribution in [0.2, 0.25) is 0 Å². The molecule has 1 aliphatic carbocycles. The maximum absolute atomic E-state index is 13.1. The van der Waals surface area contributed by atoms with E-state index in [-0.39, 0.29) is 24.7 Å². The summed E-state index contributed by atoms with van der Waals surface area (Å²) in [5.41, 5.74) is 5.91. The molecule has 2 unspecified atom stereocenters. The third-order valence-corrected chi connectivity index (χ3v) is 7.75. The van der Waals surface area contributed by atoms with Crippen LogP contribution in [-0.4, -0.2) is 41.8 Å². The van der Waals surface area contributed by atoms with Crippen molar-refractivity contribution in [2.24, 2.45) is 0 Å². The predicted octanol–water partition coefficient (Wildman–Crippen LogP) is 6.44. The molecule has 2 amide bonds. The molecule has 0 bridgehead atoms. The van der Waals surface area contributed by atoms with Crippen molar-refractivity contribution in [2.75, 3.05) is 11.9 Å². The topological polar surface area (TPSA) is 114 Å². The van der Waals surface area contributed by atoms with E-state index in [1.807, 2.05) is 89.3 Å². The van der Waals surface area contributed by atoms with Gasteiger partial charge in [0, 0.05) is 20.7 Å². The van der Waals surface area contributed by atoms with Crippen molar-refractivity contribution in [3.05, 3.63) is 123 Å². The van der Waals surface area contributed by atoms with Gasteiger partial charge in [0.25, 0.3) is 5.91 Å². The fraction of sp³-hybridized carbons (Fsp3) is 0.182. The maximum Gasteiger partial charge on any atom is 0.411 e. The zero-order chi connectivity index (χ0) is 29.6. The van der Waals surface area contributed by atoms with Crippen LogP contribution >= 0.6 is 22.6 Å². The zero-order valence-electron chi connectivity index (χ0n) is 22.8. The molecular formula is C33H29IN2O6. The Morgan fingerprint density at radius 2 is 1.50 bits per heavy atom. The summed E-state index contributed by atoms with van der Waals surface area (Å²) in [6.45, 7) is 1.96. The smallest absolute Gasteiger partial charge is 0.411 e. The van der Waals surface area contributed by atoms with Crippen LogP contribution in [0.4, 0.5) is 10.5 Å². The summed E-state index contributed by atoms with van der Waals surface area (Å²) >= 11 is 2.03. The second kappa shape index (κ2) is 13.2. The standard InChI is InChI=1S/C33H29IN2O6/c1-20(41-18-21-9-3-2-4-10-21)30(32(38)39)36-31(37)22-15-23(34)17-24(16-22)35-33(40)42-19-29-27-13-7-5-11-25(27)26-12-6-8-14-28(26)29/h2-17,20,29-30H,18-19H2,1H3,(H,35,40)(H,36,37)(H,38,39). The monoisotopic (exact) mass is 676 g/mol. The minimum atomic E-state index is -1.28. The molecule has 2 atom stereocenters. The first kappa shape index (κ1) is 29.3. The van der Waals surface area contributed by atoms with Crippen LogP contribution in [0.5, 0.6) is 0 Å². The largest absolute Gasteiger partial charge is 0.480 e. The van der Waals surface area contributed by atoms with Crippen LogP contribution in [0.15, 0.2) is 97.1 Å². The Hall–Kier alpha value is -4.22. The van der Waals surface area contributed by atoms with Gasteiger partial charge >= 0.3 is 12.1 Å². The third kappa shape index (κ3) is 6.80. The molecule has 8 nitrogen and oxygen atoms in total. The van der Waals surface area contributed by atoms with Crippen LogP contribution in [0, 0.1) is 3.57 Å². The van der Waals surface area contributed by atoms with E-state index in [1.165, 1.54) is 6.07 Å². The van der Waals surface area contributed by atoms with E-state index >= 15 is 0 Å². The Labute approximate surface area is 257 Å². The number of nitrogens with one attached hydrogen (secondary N) is 2. The molecule has 9 heteroatoms. The zero-order valence-corrected chi connectivity index (χ0v) is 24.9. The van der Waals surface area contributed by atoms with Crippen molar-refractivity contribution >= 4 is 46.2 Å². The minimum Gasteiger partial charge on any atom is -0.480 e. The lowest BCUT2D eigenvalue weighted by molar-refractivity contribution is -0.143. The number of aliphatic carboxylic acids is 1. The number of rotatable bonds is 10. The van der Waals surface area contributed by atoms with Crippen LogP contribution < -0.4 is 10.6 Å². The van der Waals surface area contributed by atoms with Gasteiger partial charge in [0.05, 0.1) is 12.7 Å². The van der Waals surface area contributed by atoms with Crippen molar-refractivity contribution in [1.29, 1.82) is 0 Å². The Morgan fingerprint density at radius 3 is 2.14 bits per heavy atom. The molecule has 0 spiro atoms. The molecule has 5 rings (SSSR count).